The number of hydrogen-bond donors (Lipinski definition) is 4. The quantitative estimate of drug-likeness (QED) is 0.361. The van der Waals surface area contributed by atoms with E-state index in [9.17, 15) is 19.5 Å². The Bertz CT molecular complexity index is 269. The molecule has 0 spiro atoms. The van der Waals surface area contributed by atoms with Gasteiger partial charge in [-0.1, -0.05) is 0 Å². The van der Waals surface area contributed by atoms with Gasteiger partial charge in [-0.2, -0.15) is 0 Å². The van der Waals surface area contributed by atoms with Crippen molar-refractivity contribution in [3.05, 3.63) is 0 Å². The fourth-order valence-corrected chi connectivity index (χ4v) is 1.11. The molecule has 16 heavy (non-hydrogen) atoms. The number of unbranched alkanes of at least 4 members (excludes halogenated alkanes) is 1. The van der Waals surface area contributed by atoms with Gasteiger partial charge in [-0.25, -0.2) is 9.59 Å². The molecule has 0 aliphatic rings. The van der Waals surface area contributed by atoms with Crippen molar-refractivity contribution in [2.24, 2.45) is 11.5 Å². The van der Waals surface area contributed by atoms with Crippen molar-refractivity contribution < 1.29 is 19.5 Å². The Morgan fingerprint density at radius 1 is 1.12 bits per heavy atom. The molecule has 0 aromatic rings. The molecule has 8 heteroatoms. The van der Waals surface area contributed by atoms with Crippen LogP contribution in [0.1, 0.15) is 19.3 Å². The van der Waals surface area contributed by atoms with Gasteiger partial charge in [-0.05, 0) is 19.3 Å². The summed E-state index contributed by atoms with van der Waals surface area (Å²) in [5, 5.41) is 14.9. The van der Waals surface area contributed by atoms with Gasteiger partial charge in [-0.15, -0.1) is 0 Å². The smallest absolute Gasteiger partial charge is 0.312 e. The van der Waals surface area contributed by atoms with Gasteiger partial charge in [0.05, 0.1) is 12.0 Å². The second-order valence-electron chi connectivity index (χ2n) is 3.17. The largest absolute Gasteiger partial charge is 0.548 e. The van der Waals surface area contributed by atoms with Crippen LogP contribution in [0.15, 0.2) is 0 Å². The molecule has 0 fully saturated rings. The summed E-state index contributed by atoms with van der Waals surface area (Å²) in [6, 6.07) is -2.65. The molecule has 0 radical (unpaired) electrons. The van der Waals surface area contributed by atoms with E-state index in [-0.39, 0.29) is 6.42 Å². The van der Waals surface area contributed by atoms with Crippen molar-refractivity contribution in [1.29, 1.82) is 0 Å². The van der Waals surface area contributed by atoms with Crippen LogP contribution in [-0.4, -0.2) is 30.6 Å². The van der Waals surface area contributed by atoms with E-state index >= 15 is 0 Å². The zero-order valence-corrected chi connectivity index (χ0v) is 8.69. The molecule has 0 aliphatic carbocycles. The lowest BCUT2D eigenvalue weighted by atomic mass is 10.1. The second kappa shape index (κ2) is 7.32. The number of carboxylic acids is 1. The summed E-state index contributed by atoms with van der Waals surface area (Å²) in [4.78, 5) is 31.3. The lowest BCUT2D eigenvalue weighted by molar-refractivity contribution is -0.308. The number of carbonyl (C=O) groups excluding carboxylic acids is 3. The van der Waals surface area contributed by atoms with E-state index in [1.165, 1.54) is 0 Å². The van der Waals surface area contributed by atoms with Gasteiger partial charge in [0.15, 0.2) is 0 Å². The van der Waals surface area contributed by atoms with Gasteiger partial charge < -0.3 is 32.0 Å². The number of amides is 4. The van der Waals surface area contributed by atoms with E-state index in [1.807, 2.05) is 5.32 Å². The van der Waals surface area contributed by atoms with Crippen LogP contribution in [0.4, 0.5) is 9.59 Å². The molecular formula is C8H15N4O4-. The summed E-state index contributed by atoms with van der Waals surface area (Å²) >= 11 is 0. The van der Waals surface area contributed by atoms with Crippen molar-refractivity contribution in [3.63, 3.8) is 0 Å². The van der Waals surface area contributed by atoms with Crippen molar-refractivity contribution >= 4 is 18.0 Å². The molecule has 0 rings (SSSR count). The van der Waals surface area contributed by atoms with Crippen LogP contribution >= 0.6 is 0 Å². The molecule has 8 nitrogen and oxygen atoms in total. The minimum Gasteiger partial charge on any atom is -0.548 e. The van der Waals surface area contributed by atoms with E-state index in [1.54, 1.807) is 0 Å². The van der Waals surface area contributed by atoms with E-state index < -0.39 is 24.1 Å². The fourth-order valence-electron chi connectivity index (χ4n) is 1.11. The van der Waals surface area contributed by atoms with E-state index in [2.05, 4.69) is 5.32 Å². The van der Waals surface area contributed by atoms with Crippen LogP contribution in [0.2, 0.25) is 0 Å². The molecular weight excluding hydrogens is 216 g/mol. The first-order valence-corrected chi connectivity index (χ1v) is 4.73. The lowest BCUT2D eigenvalue weighted by Crippen LogP contribution is -2.49. The van der Waals surface area contributed by atoms with Crippen LogP contribution in [-0.2, 0) is 4.79 Å². The first kappa shape index (κ1) is 14.0. The summed E-state index contributed by atoms with van der Waals surface area (Å²) in [6.45, 7) is 0.353. The Balaban J connectivity index is 3.72. The maximum Gasteiger partial charge on any atom is 0.312 e. The molecule has 0 saturated carbocycles. The van der Waals surface area contributed by atoms with Crippen molar-refractivity contribution in [3.8, 4) is 0 Å². The number of nitrogens with one attached hydrogen (secondary N) is 2. The zero-order chi connectivity index (χ0) is 12.6. The summed E-state index contributed by atoms with van der Waals surface area (Å²) in [6.07, 6.45) is 1.22. The average molecular weight is 231 g/mol. The molecule has 0 unspecified atom stereocenters. The number of primary amides is 2. The van der Waals surface area contributed by atoms with Crippen LogP contribution in [0.3, 0.4) is 0 Å². The number of carbonyl (C=O) groups is 3. The number of hydrogen-bond acceptors (Lipinski definition) is 4. The van der Waals surface area contributed by atoms with Crippen LogP contribution in [0.5, 0.6) is 0 Å². The highest BCUT2D eigenvalue weighted by atomic mass is 16.4. The Hall–Kier alpha value is -1.99. The van der Waals surface area contributed by atoms with Crippen LogP contribution in [0, 0.1) is 0 Å². The first-order valence-electron chi connectivity index (χ1n) is 4.73. The highest BCUT2D eigenvalue weighted by Crippen LogP contribution is 1.99. The maximum absolute atomic E-state index is 10.5. The summed E-state index contributed by atoms with van der Waals surface area (Å²) < 4.78 is 0. The minimum absolute atomic E-state index is 0.186. The Labute approximate surface area is 92.4 Å². The molecule has 0 saturated heterocycles. The summed E-state index contributed by atoms with van der Waals surface area (Å²) in [7, 11) is 0. The third kappa shape index (κ3) is 7.42. The molecule has 6 N–H and O–H groups in total. The first-order chi connectivity index (χ1) is 7.43. The third-order valence-electron chi connectivity index (χ3n) is 1.82. The van der Waals surface area contributed by atoms with E-state index in [0.717, 1.165) is 0 Å². The minimum atomic E-state index is -1.39. The highest BCUT2D eigenvalue weighted by Gasteiger charge is 2.10. The number of aliphatic carboxylic acids is 1. The predicted molar refractivity (Wildman–Crippen MR) is 53.0 cm³/mol. The average Bonchev–Trinajstić information content (AvgIpc) is 2.14. The molecule has 4 amide bonds. The van der Waals surface area contributed by atoms with Gasteiger partial charge in [0, 0.05) is 6.54 Å². The number of nitrogens with two attached hydrogens (primary N) is 2. The summed E-state index contributed by atoms with van der Waals surface area (Å²) in [5.41, 5.74) is 9.61. The molecule has 0 bridgehead atoms. The summed E-state index contributed by atoms with van der Waals surface area (Å²) in [5.74, 6) is -1.39. The van der Waals surface area contributed by atoms with Crippen molar-refractivity contribution in [2.75, 3.05) is 6.54 Å². The monoisotopic (exact) mass is 231 g/mol. The normalized spacial score (nSPS) is 11.5. The predicted octanol–water partition coefficient (Wildman–Crippen LogP) is -2.39. The Kier molecular flexibility index (Phi) is 6.41. The van der Waals surface area contributed by atoms with Crippen LogP contribution in [0.25, 0.3) is 0 Å². The standard InChI is InChI=1S/C8H16N4O4/c9-7(15)11-4-2-1-3-5(6(13)14)12-8(10)16/h5H,1-4H2,(H,13,14)(H3,9,11,15)(H3,10,12,16)/p-1/t5-/m1/s1. The van der Waals surface area contributed by atoms with Gasteiger partial charge in [0.25, 0.3) is 0 Å². The van der Waals surface area contributed by atoms with Gasteiger partial charge in [0.1, 0.15) is 0 Å². The van der Waals surface area contributed by atoms with Crippen molar-refractivity contribution in [1.82, 2.24) is 10.6 Å². The van der Waals surface area contributed by atoms with E-state index in [4.69, 9.17) is 11.5 Å². The molecule has 92 valence electrons. The molecule has 0 aliphatic heterocycles. The molecule has 0 aromatic heterocycles. The highest BCUT2D eigenvalue weighted by molar-refractivity contribution is 5.80. The SMILES string of the molecule is NC(=O)NCCCC[C@@H](NC(N)=O)C(=O)[O-]. The number of carboxylic acid groups (broad SMARTS) is 1. The molecule has 0 heterocycles. The lowest BCUT2D eigenvalue weighted by Gasteiger charge is -2.18. The zero-order valence-electron chi connectivity index (χ0n) is 8.69. The Morgan fingerprint density at radius 3 is 2.19 bits per heavy atom. The van der Waals surface area contributed by atoms with Gasteiger partial charge in [-0.3, -0.25) is 0 Å². The van der Waals surface area contributed by atoms with Crippen LogP contribution < -0.4 is 27.2 Å². The maximum atomic E-state index is 10.5. The third-order valence-corrected chi connectivity index (χ3v) is 1.82. The van der Waals surface area contributed by atoms with Gasteiger partial charge >= 0.3 is 12.1 Å². The van der Waals surface area contributed by atoms with Crippen molar-refractivity contribution in [2.45, 2.75) is 25.3 Å². The molecule has 1 atom stereocenters. The van der Waals surface area contributed by atoms with Gasteiger partial charge in [0.2, 0.25) is 0 Å². The second-order valence-corrected chi connectivity index (χ2v) is 3.17. The number of urea groups is 2. The topological polar surface area (TPSA) is 150 Å². The number of rotatable bonds is 7. The molecule has 0 aromatic carbocycles. The fraction of sp³-hybridized carbons (Fsp3) is 0.625. The Morgan fingerprint density at radius 2 is 1.75 bits per heavy atom. The van der Waals surface area contributed by atoms with E-state index in [0.29, 0.717) is 19.4 Å².